The third kappa shape index (κ3) is 1.94. The molecule has 0 aromatic rings. The molecule has 5 heteroatoms. The summed E-state index contributed by atoms with van der Waals surface area (Å²) < 4.78 is 24.2. The Morgan fingerprint density at radius 2 is 1.86 bits per heavy atom. The van der Waals surface area contributed by atoms with E-state index < -0.39 is 10.0 Å². The van der Waals surface area contributed by atoms with Crippen molar-refractivity contribution < 1.29 is 8.42 Å². The molecule has 0 saturated carbocycles. The van der Waals surface area contributed by atoms with Gasteiger partial charge in [0.15, 0.2) is 0 Å². The number of nitrogens with one attached hydrogen (secondary N) is 1. The van der Waals surface area contributed by atoms with Crippen molar-refractivity contribution in [1.29, 1.82) is 0 Å². The summed E-state index contributed by atoms with van der Waals surface area (Å²) in [5.74, 6) is 0. The van der Waals surface area contributed by atoms with Gasteiger partial charge in [-0.15, -0.1) is 0 Å². The molecule has 2 rings (SSSR count). The molecule has 2 aliphatic heterocycles. The maximum atomic E-state index is 11.3. The van der Waals surface area contributed by atoms with Crippen molar-refractivity contribution in [3.8, 4) is 0 Å². The van der Waals surface area contributed by atoms with Gasteiger partial charge in [0.25, 0.3) is 0 Å². The van der Waals surface area contributed by atoms with Gasteiger partial charge in [0, 0.05) is 19.6 Å². The van der Waals surface area contributed by atoms with Gasteiger partial charge >= 0.3 is 0 Å². The molecule has 2 saturated heterocycles. The van der Waals surface area contributed by atoms with Crippen LogP contribution in [0.2, 0.25) is 0 Å². The SMILES string of the molecule is CS(=O)(=O)N1CCC2(CCNC2)CC1. The predicted octanol–water partition coefficient (Wildman–Crippen LogP) is 0.0215. The van der Waals surface area contributed by atoms with E-state index in [2.05, 4.69) is 5.32 Å². The lowest BCUT2D eigenvalue weighted by Gasteiger charge is -2.37. The van der Waals surface area contributed by atoms with Crippen molar-refractivity contribution in [3.63, 3.8) is 0 Å². The van der Waals surface area contributed by atoms with Crippen LogP contribution >= 0.6 is 0 Å². The molecule has 0 aromatic carbocycles. The summed E-state index contributed by atoms with van der Waals surface area (Å²) >= 11 is 0. The van der Waals surface area contributed by atoms with Gasteiger partial charge in [-0.2, -0.15) is 0 Å². The van der Waals surface area contributed by atoms with Crippen LogP contribution < -0.4 is 5.32 Å². The minimum absolute atomic E-state index is 0.404. The third-order valence-corrected chi connectivity index (χ3v) is 4.89. The van der Waals surface area contributed by atoms with Crippen LogP contribution in [0.25, 0.3) is 0 Å². The van der Waals surface area contributed by atoms with Crippen molar-refractivity contribution in [2.75, 3.05) is 32.4 Å². The Morgan fingerprint density at radius 1 is 1.21 bits per heavy atom. The minimum atomic E-state index is -2.96. The molecule has 82 valence electrons. The Balaban J connectivity index is 1.98. The first-order valence-corrected chi connectivity index (χ1v) is 7.03. The van der Waals surface area contributed by atoms with Gasteiger partial charge in [-0.25, -0.2) is 12.7 Å². The van der Waals surface area contributed by atoms with E-state index in [-0.39, 0.29) is 0 Å². The first-order valence-electron chi connectivity index (χ1n) is 5.18. The Labute approximate surface area is 85.7 Å². The zero-order valence-electron chi connectivity index (χ0n) is 8.62. The third-order valence-electron chi connectivity index (χ3n) is 3.58. The van der Waals surface area contributed by atoms with E-state index in [1.807, 2.05) is 0 Å². The highest BCUT2D eigenvalue weighted by atomic mass is 32.2. The Bertz CT molecular complexity index is 297. The highest BCUT2D eigenvalue weighted by Crippen LogP contribution is 2.37. The zero-order valence-corrected chi connectivity index (χ0v) is 9.44. The number of piperidine rings is 1. The Kier molecular flexibility index (Phi) is 2.57. The molecule has 1 spiro atoms. The molecule has 0 unspecified atom stereocenters. The van der Waals surface area contributed by atoms with Crippen LogP contribution in [0.1, 0.15) is 19.3 Å². The summed E-state index contributed by atoms with van der Waals surface area (Å²) in [4.78, 5) is 0. The first-order chi connectivity index (χ1) is 6.52. The monoisotopic (exact) mass is 218 g/mol. The van der Waals surface area contributed by atoms with Crippen LogP contribution in [0.4, 0.5) is 0 Å². The number of rotatable bonds is 1. The van der Waals surface area contributed by atoms with Crippen LogP contribution in [0, 0.1) is 5.41 Å². The molecular weight excluding hydrogens is 200 g/mol. The number of hydrogen-bond acceptors (Lipinski definition) is 3. The van der Waals surface area contributed by atoms with E-state index in [4.69, 9.17) is 0 Å². The van der Waals surface area contributed by atoms with Crippen molar-refractivity contribution >= 4 is 10.0 Å². The number of sulfonamides is 1. The van der Waals surface area contributed by atoms with E-state index in [1.165, 1.54) is 12.7 Å². The molecule has 0 radical (unpaired) electrons. The van der Waals surface area contributed by atoms with Gasteiger partial charge < -0.3 is 5.32 Å². The van der Waals surface area contributed by atoms with Gasteiger partial charge in [0.2, 0.25) is 10.0 Å². The summed E-state index contributed by atoms with van der Waals surface area (Å²) in [5.41, 5.74) is 0.404. The van der Waals surface area contributed by atoms with Gasteiger partial charge in [-0.05, 0) is 31.2 Å². The summed E-state index contributed by atoms with van der Waals surface area (Å²) in [7, 11) is -2.96. The molecule has 0 bridgehead atoms. The van der Waals surface area contributed by atoms with E-state index in [9.17, 15) is 8.42 Å². The molecule has 1 N–H and O–H groups in total. The second-order valence-electron chi connectivity index (χ2n) is 4.59. The summed E-state index contributed by atoms with van der Waals surface area (Å²) in [6.07, 6.45) is 4.56. The molecule has 2 heterocycles. The summed E-state index contributed by atoms with van der Waals surface area (Å²) in [5, 5.41) is 3.37. The minimum Gasteiger partial charge on any atom is -0.316 e. The van der Waals surface area contributed by atoms with E-state index in [0.717, 1.165) is 25.9 Å². The molecular formula is C9H18N2O2S. The normalized spacial score (nSPS) is 28.4. The predicted molar refractivity (Wildman–Crippen MR) is 55.6 cm³/mol. The lowest BCUT2D eigenvalue weighted by molar-refractivity contribution is 0.175. The smallest absolute Gasteiger partial charge is 0.211 e. The molecule has 0 aromatic heterocycles. The van der Waals surface area contributed by atoms with E-state index in [0.29, 0.717) is 18.5 Å². The van der Waals surface area contributed by atoms with E-state index >= 15 is 0 Å². The maximum Gasteiger partial charge on any atom is 0.211 e. The highest BCUT2D eigenvalue weighted by Gasteiger charge is 2.38. The maximum absolute atomic E-state index is 11.3. The highest BCUT2D eigenvalue weighted by molar-refractivity contribution is 7.88. The van der Waals surface area contributed by atoms with Crippen LogP contribution in [-0.2, 0) is 10.0 Å². The molecule has 14 heavy (non-hydrogen) atoms. The quantitative estimate of drug-likeness (QED) is 0.675. The molecule has 0 aliphatic carbocycles. The molecule has 4 nitrogen and oxygen atoms in total. The van der Waals surface area contributed by atoms with Crippen LogP contribution in [0.5, 0.6) is 0 Å². The molecule has 0 amide bonds. The molecule has 2 fully saturated rings. The lowest BCUT2D eigenvalue weighted by atomic mass is 9.78. The standard InChI is InChI=1S/C9H18N2O2S/c1-14(12,13)11-6-3-9(4-7-11)2-5-10-8-9/h10H,2-8H2,1H3. The fourth-order valence-electron chi connectivity index (χ4n) is 2.51. The van der Waals surface area contributed by atoms with Crippen molar-refractivity contribution in [2.45, 2.75) is 19.3 Å². The molecule has 0 atom stereocenters. The van der Waals surface area contributed by atoms with Crippen molar-refractivity contribution in [3.05, 3.63) is 0 Å². The first kappa shape index (κ1) is 10.4. The van der Waals surface area contributed by atoms with Gasteiger partial charge in [-0.1, -0.05) is 0 Å². The van der Waals surface area contributed by atoms with E-state index in [1.54, 1.807) is 4.31 Å². The van der Waals surface area contributed by atoms with Gasteiger partial charge in [0.05, 0.1) is 6.26 Å². The average Bonchev–Trinajstić information content (AvgIpc) is 2.53. The van der Waals surface area contributed by atoms with Crippen molar-refractivity contribution in [1.82, 2.24) is 9.62 Å². The fraction of sp³-hybridized carbons (Fsp3) is 1.00. The fourth-order valence-corrected chi connectivity index (χ4v) is 3.36. The molecule has 2 aliphatic rings. The van der Waals surface area contributed by atoms with Crippen LogP contribution in [0.3, 0.4) is 0 Å². The second-order valence-corrected chi connectivity index (χ2v) is 6.57. The Hall–Kier alpha value is -0.130. The number of hydrogen-bond donors (Lipinski definition) is 1. The largest absolute Gasteiger partial charge is 0.316 e. The van der Waals surface area contributed by atoms with Crippen LogP contribution in [-0.4, -0.2) is 45.2 Å². The van der Waals surface area contributed by atoms with Gasteiger partial charge in [0.1, 0.15) is 0 Å². The average molecular weight is 218 g/mol. The Morgan fingerprint density at radius 3 is 2.29 bits per heavy atom. The second kappa shape index (κ2) is 3.47. The topological polar surface area (TPSA) is 49.4 Å². The van der Waals surface area contributed by atoms with Gasteiger partial charge in [-0.3, -0.25) is 0 Å². The van der Waals surface area contributed by atoms with Crippen molar-refractivity contribution in [2.24, 2.45) is 5.41 Å². The lowest BCUT2D eigenvalue weighted by Crippen LogP contribution is -2.43. The number of nitrogens with zero attached hydrogens (tertiary/aromatic N) is 1. The zero-order chi connectivity index (χ0) is 10.2. The summed E-state index contributed by atoms with van der Waals surface area (Å²) in [6.45, 7) is 3.59. The summed E-state index contributed by atoms with van der Waals surface area (Å²) in [6, 6.07) is 0. The van der Waals surface area contributed by atoms with Crippen LogP contribution in [0.15, 0.2) is 0 Å².